The van der Waals surface area contributed by atoms with Crippen LogP contribution in [0.3, 0.4) is 0 Å². The van der Waals surface area contributed by atoms with Crippen molar-refractivity contribution in [1.29, 1.82) is 0 Å². The van der Waals surface area contributed by atoms with Crippen molar-refractivity contribution >= 4 is 17.5 Å². The van der Waals surface area contributed by atoms with Crippen molar-refractivity contribution in [2.45, 2.75) is 18.4 Å². The third-order valence-corrected chi connectivity index (χ3v) is 3.67. The van der Waals surface area contributed by atoms with Gasteiger partial charge in [0.05, 0.1) is 5.82 Å². The summed E-state index contributed by atoms with van der Waals surface area (Å²) in [6.07, 6.45) is 3.88. The molecule has 5 heteroatoms. The maximum absolute atomic E-state index is 6.22. The molecule has 1 aromatic carbocycles. The second-order valence-electron chi connectivity index (χ2n) is 5.00. The summed E-state index contributed by atoms with van der Waals surface area (Å²) >= 11 is 1.70. The largest absolute Gasteiger partial charge is 0.398 e. The summed E-state index contributed by atoms with van der Waals surface area (Å²) < 4.78 is 0. The predicted molar refractivity (Wildman–Crippen MR) is 88.9 cm³/mol. The molecule has 0 fully saturated rings. The molecule has 20 heavy (non-hydrogen) atoms. The van der Waals surface area contributed by atoms with E-state index in [0.29, 0.717) is 11.5 Å². The fourth-order valence-electron chi connectivity index (χ4n) is 1.82. The molecule has 110 valence electrons. The van der Waals surface area contributed by atoms with E-state index >= 15 is 0 Å². The van der Waals surface area contributed by atoms with Crippen molar-refractivity contribution < 1.29 is 0 Å². The third kappa shape index (κ3) is 4.51. The van der Waals surface area contributed by atoms with Crippen LogP contribution in [0.2, 0.25) is 0 Å². The molecule has 1 aromatic rings. The summed E-state index contributed by atoms with van der Waals surface area (Å²) in [5, 5.41) is 0. The molecule has 0 bridgehead atoms. The van der Waals surface area contributed by atoms with Gasteiger partial charge in [-0.25, -0.2) is 0 Å². The number of thioether (sulfide) groups is 1. The van der Waals surface area contributed by atoms with Gasteiger partial charge in [-0.2, -0.15) is 0 Å². The monoisotopic (exact) mass is 292 g/mol. The maximum Gasteiger partial charge on any atom is 0.0964 e. The molecule has 0 heterocycles. The number of rotatable bonds is 5. The van der Waals surface area contributed by atoms with Crippen LogP contribution in [0.1, 0.15) is 18.1 Å². The van der Waals surface area contributed by atoms with E-state index in [2.05, 4.69) is 23.1 Å². The van der Waals surface area contributed by atoms with Gasteiger partial charge in [0.25, 0.3) is 0 Å². The minimum Gasteiger partial charge on any atom is -0.398 e. The molecular weight excluding hydrogens is 268 g/mol. The van der Waals surface area contributed by atoms with Crippen LogP contribution < -0.4 is 17.2 Å². The Morgan fingerprint density at radius 3 is 2.40 bits per heavy atom. The molecule has 0 aliphatic heterocycles. The predicted octanol–water partition coefficient (Wildman–Crippen LogP) is 1.92. The first kappa shape index (κ1) is 16.5. The molecule has 0 radical (unpaired) electrons. The zero-order chi connectivity index (χ0) is 15.3. The van der Waals surface area contributed by atoms with Crippen LogP contribution in [0.4, 0.5) is 0 Å². The van der Waals surface area contributed by atoms with Crippen LogP contribution in [0.15, 0.2) is 40.6 Å². The van der Waals surface area contributed by atoms with Crippen molar-refractivity contribution in [3.63, 3.8) is 0 Å². The summed E-state index contributed by atoms with van der Waals surface area (Å²) in [6.45, 7) is 2.69. The highest BCUT2D eigenvalue weighted by Crippen LogP contribution is 2.24. The van der Waals surface area contributed by atoms with Gasteiger partial charge in [-0.05, 0) is 56.6 Å². The molecule has 0 spiro atoms. The summed E-state index contributed by atoms with van der Waals surface area (Å²) in [4.78, 5) is 3.30. The molecule has 0 atom stereocenters. The van der Waals surface area contributed by atoms with Crippen LogP contribution in [0, 0.1) is 0 Å². The van der Waals surface area contributed by atoms with Crippen LogP contribution in [0.25, 0.3) is 5.70 Å². The SMILES string of the molecule is CSc1ccc(CN(C)C)c(/C(N)=C/C(C)=C(N)N)c1. The highest BCUT2D eigenvalue weighted by atomic mass is 32.2. The summed E-state index contributed by atoms with van der Waals surface area (Å²) in [5.41, 5.74) is 21.1. The second kappa shape index (κ2) is 7.26. The first-order chi connectivity index (χ1) is 9.35. The Labute approximate surface area is 125 Å². The van der Waals surface area contributed by atoms with Crippen LogP contribution in [-0.4, -0.2) is 25.3 Å². The lowest BCUT2D eigenvalue weighted by Crippen LogP contribution is -2.14. The highest BCUT2D eigenvalue weighted by Gasteiger charge is 2.08. The van der Waals surface area contributed by atoms with Crippen molar-refractivity contribution in [2.75, 3.05) is 20.4 Å². The molecule has 6 N–H and O–H groups in total. The minimum atomic E-state index is 0.295. The quantitative estimate of drug-likeness (QED) is 0.570. The molecule has 0 aliphatic rings. The molecule has 1 rings (SSSR count). The maximum atomic E-state index is 6.22. The van der Waals surface area contributed by atoms with Gasteiger partial charge in [0, 0.05) is 22.7 Å². The van der Waals surface area contributed by atoms with Crippen molar-refractivity contribution in [3.8, 4) is 0 Å². The first-order valence-corrected chi connectivity index (χ1v) is 7.58. The Bertz CT molecular complexity index is 529. The van der Waals surface area contributed by atoms with Crippen molar-refractivity contribution in [2.24, 2.45) is 17.2 Å². The number of hydrogen-bond donors (Lipinski definition) is 3. The number of nitrogens with two attached hydrogens (primary N) is 3. The molecule has 4 nitrogen and oxygen atoms in total. The normalized spacial score (nSPS) is 11.8. The van der Waals surface area contributed by atoms with Crippen LogP contribution >= 0.6 is 11.8 Å². The van der Waals surface area contributed by atoms with Gasteiger partial charge < -0.3 is 22.1 Å². The van der Waals surface area contributed by atoms with Gasteiger partial charge in [0.15, 0.2) is 0 Å². The Hall–Kier alpha value is -1.59. The zero-order valence-electron chi connectivity index (χ0n) is 12.6. The van der Waals surface area contributed by atoms with Gasteiger partial charge in [0.2, 0.25) is 0 Å². The van der Waals surface area contributed by atoms with E-state index < -0.39 is 0 Å². The molecule has 0 saturated carbocycles. The van der Waals surface area contributed by atoms with E-state index in [-0.39, 0.29) is 0 Å². The lowest BCUT2D eigenvalue weighted by atomic mass is 10.0. The van der Waals surface area contributed by atoms with Crippen molar-refractivity contribution in [1.82, 2.24) is 4.90 Å². The lowest BCUT2D eigenvalue weighted by Gasteiger charge is -2.16. The standard InChI is InChI=1S/C15H24N4S/c1-10(15(17)18)7-14(16)13-8-12(20-4)6-5-11(13)9-19(2)3/h5-8H,9,16-18H2,1-4H3/b14-7-. The Morgan fingerprint density at radius 2 is 1.90 bits per heavy atom. The molecule has 0 amide bonds. The van der Waals surface area contributed by atoms with Gasteiger partial charge in [-0.15, -0.1) is 11.8 Å². The van der Waals surface area contributed by atoms with Crippen LogP contribution in [0.5, 0.6) is 0 Å². The Kier molecular flexibility index (Phi) is 5.98. The smallest absolute Gasteiger partial charge is 0.0964 e. The number of allylic oxidation sites excluding steroid dienone is 2. The van der Waals surface area contributed by atoms with E-state index in [0.717, 1.165) is 17.7 Å². The molecule has 0 aromatic heterocycles. The van der Waals surface area contributed by atoms with E-state index in [1.54, 1.807) is 11.8 Å². The highest BCUT2D eigenvalue weighted by molar-refractivity contribution is 7.98. The van der Waals surface area contributed by atoms with E-state index in [4.69, 9.17) is 17.2 Å². The van der Waals surface area contributed by atoms with E-state index in [9.17, 15) is 0 Å². The second-order valence-corrected chi connectivity index (χ2v) is 5.88. The van der Waals surface area contributed by atoms with Gasteiger partial charge in [0.1, 0.15) is 0 Å². The fourth-order valence-corrected chi connectivity index (χ4v) is 2.26. The van der Waals surface area contributed by atoms with Gasteiger partial charge in [-0.3, -0.25) is 0 Å². The number of nitrogens with zero attached hydrogens (tertiary/aromatic N) is 1. The minimum absolute atomic E-state index is 0.295. The van der Waals surface area contributed by atoms with E-state index in [1.165, 1.54) is 10.5 Å². The Morgan fingerprint density at radius 1 is 1.25 bits per heavy atom. The van der Waals surface area contributed by atoms with Crippen LogP contribution in [-0.2, 0) is 6.54 Å². The van der Waals surface area contributed by atoms with Crippen molar-refractivity contribution in [3.05, 3.63) is 46.8 Å². The summed E-state index contributed by atoms with van der Waals surface area (Å²) in [6, 6.07) is 6.34. The average molecular weight is 292 g/mol. The van der Waals surface area contributed by atoms with E-state index in [1.807, 2.05) is 33.4 Å². The number of hydrogen-bond acceptors (Lipinski definition) is 5. The summed E-state index contributed by atoms with van der Waals surface area (Å²) in [5.74, 6) is 0.295. The molecule has 0 aliphatic carbocycles. The molecule has 0 unspecified atom stereocenters. The van der Waals surface area contributed by atoms with Gasteiger partial charge >= 0.3 is 0 Å². The molecule has 0 saturated heterocycles. The fraction of sp³-hybridized carbons (Fsp3) is 0.333. The number of benzene rings is 1. The first-order valence-electron chi connectivity index (χ1n) is 6.36. The lowest BCUT2D eigenvalue weighted by molar-refractivity contribution is 0.402. The summed E-state index contributed by atoms with van der Waals surface area (Å²) in [7, 11) is 4.07. The topological polar surface area (TPSA) is 81.3 Å². The third-order valence-electron chi connectivity index (χ3n) is 2.94. The molecular formula is C15H24N4S. The zero-order valence-corrected chi connectivity index (χ0v) is 13.4. The Balaban J connectivity index is 3.28. The average Bonchev–Trinajstić information content (AvgIpc) is 2.38. The van der Waals surface area contributed by atoms with Gasteiger partial charge in [-0.1, -0.05) is 6.07 Å².